The summed E-state index contributed by atoms with van der Waals surface area (Å²) in [6, 6.07) is 13.4. The van der Waals surface area contributed by atoms with Crippen LogP contribution in [0.2, 0.25) is 0 Å². The molecule has 0 saturated carbocycles. The first-order valence-electron chi connectivity index (χ1n) is 5.85. The van der Waals surface area contributed by atoms with Gasteiger partial charge in [-0.1, -0.05) is 36.4 Å². The zero-order valence-corrected chi connectivity index (χ0v) is 9.72. The van der Waals surface area contributed by atoms with Crippen LogP contribution in [0.1, 0.15) is 6.42 Å². The Hall–Kier alpha value is -2.36. The Labute approximate surface area is 104 Å². The first-order valence-corrected chi connectivity index (χ1v) is 5.85. The maximum atomic E-state index is 11.8. The molecule has 0 unspecified atom stereocenters. The summed E-state index contributed by atoms with van der Waals surface area (Å²) in [6.45, 7) is 0.429. The highest BCUT2D eigenvalue weighted by Gasteiger charge is 2.25. The molecule has 3 rings (SSSR count). The first kappa shape index (κ1) is 10.8. The number of nitrogens with one attached hydrogen (secondary N) is 1. The third kappa shape index (κ3) is 1.72. The SMILES string of the molecule is O=C1CCN(c2cccc3ccccc23)C(=O)N1. The van der Waals surface area contributed by atoms with Crippen LogP contribution >= 0.6 is 0 Å². The van der Waals surface area contributed by atoms with Gasteiger partial charge in [0.25, 0.3) is 0 Å². The number of carbonyl (C=O) groups excluding carboxylic acids is 2. The standard InChI is InChI=1S/C14H12N2O2/c17-13-8-9-16(14(18)15-13)12-7-3-5-10-4-1-2-6-11(10)12/h1-7H,8-9H2,(H,15,17,18). The monoisotopic (exact) mass is 240 g/mol. The highest BCUT2D eigenvalue weighted by molar-refractivity contribution is 6.09. The van der Waals surface area contributed by atoms with Crippen LogP contribution in [0.3, 0.4) is 0 Å². The lowest BCUT2D eigenvalue weighted by molar-refractivity contribution is -0.120. The largest absolute Gasteiger partial charge is 0.328 e. The summed E-state index contributed by atoms with van der Waals surface area (Å²) in [7, 11) is 0. The van der Waals surface area contributed by atoms with E-state index >= 15 is 0 Å². The van der Waals surface area contributed by atoms with E-state index in [1.165, 1.54) is 0 Å². The zero-order chi connectivity index (χ0) is 12.5. The number of anilines is 1. The summed E-state index contributed by atoms with van der Waals surface area (Å²) >= 11 is 0. The Bertz CT molecular complexity index is 631. The van der Waals surface area contributed by atoms with E-state index in [1.807, 2.05) is 42.5 Å². The summed E-state index contributed by atoms with van der Waals surface area (Å²) in [4.78, 5) is 24.6. The van der Waals surface area contributed by atoms with Gasteiger partial charge in [0.05, 0.1) is 5.69 Å². The molecule has 1 fully saturated rings. The minimum absolute atomic E-state index is 0.212. The number of amides is 3. The van der Waals surface area contributed by atoms with Gasteiger partial charge in [0, 0.05) is 18.4 Å². The van der Waals surface area contributed by atoms with E-state index in [9.17, 15) is 9.59 Å². The van der Waals surface area contributed by atoms with Gasteiger partial charge >= 0.3 is 6.03 Å². The molecule has 1 N–H and O–H groups in total. The average Bonchev–Trinajstić information content (AvgIpc) is 2.38. The van der Waals surface area contributed by atoms with Crippen molar-refractivity contribution in [1.29, 1.82) is 0 Å². The lowest BCUT2D eigenvalue weighted by Crippen LogP contribution is -2.49. The van der Waals surface area contributed by atoms with Gasteiger partial charge in [-0.05, 0) is 11.5 Å². The van der Waals surface area contributed by atoms with Gasteiger partial charge < -0.3 is 0 Å². The van der Waals surface area contributed by atoms with Gasteiger partial charge in [-0.25, -0.2) is 4.79 Å². The molecule has 4 heteroatoms. The fraction of sp³-hybridized carbons (Fsp3) is 0.143. The van der Waals surface area contributed by atoms with Crippen molar-refractivity contribution in [1.82, 2.24) is 5.32 Å². The van der Waals surface area contributed by atoms with Gasteiger partial charge in [0.15, 0.2) is 0 Å². The fourth-order valence-corrected chi connectivity index (χ4v) is 2.24. The molecular weight excluding hydrogens is 228 g/mol. The van der Waals surface area contributed by atoms with E-state index in [0.717, 1.165) is 16.5 Å². The molecule has 0 radical (unpaired) electrons. The summed E-state index contributed by atoms with van der Waals surface area (Å²) in [5.74, 6) is -0.212. The molecule has 4 nitrogen and oxygen atoms in total. The normalized spacial score (nSPS) is 15.9. The number of fused-ring (bicyclic) bond motifs is 1. The third-order valence-electron chi connectivity index (χ3n) is 3.11. The molecule has 1 aliphatic heterocycles. The molecule has 1 heterocycles. The van der Waals surface area contributed by atoms with Crippen LogP contribution in [0.5, 0.6) is 0 Å². The lowest BCUT2D eigenvalue weighted by Gasteiger charge is -2.27. The minimum Gasteiger partial charge on any atom is -0.293 e. The van der Waals surface area contributed by atoms with Crippen LogP contribution < -0.4 is 10.2 Å². The molecule has 1 saturated heterocycles. The second-order valence-corrected chi connectivity index (χ2v) is 4.25. The number of hydrogen-bond acceptors (Lipinski definition) is 2. The molecule has 0 aliphatic carbocycles. The van der Waals surface area contributed by atoms with Crippen molar-refractivity contribution in [3.05, 3.63) is 42.5 Å². The maximum Gasteiger partial charge on any atom is 0.328 e. The quantitative estimate of drug-likeness (QED) is 0.831. The second kappa shape index (κ2) is 4.14. The molecule has 2 aromatic carbocycles. The van der Waals surface area contributed by atoms with E-state index in [0.29, 0.717) is 13.0 Å². The zero-order valence-electron chi connectivity index (χ0n) is 9.72. The van der Waals surface area contributed by atoms with Crippen molar-refractivity contribution < 1.29 is 9.59 Å². The summed E-state index contributed by atoms with van der Waals surface area (Å²) < 4.78 is 0. The van der Waals surface area contributed by atoms with Crippen LogP contribution in [0.25, 0.3) is 10.8 Å². The smallest absolute Gasteiger partial charge is 0.293 e. The molecule has 1 aliphatic rings. The second-order valence-electron chi connectivity index (χ2n) is 4.25. The predicted molar refractivity (Wildman–Crippen MR) is 69.4 cm³/mol. The molecule has 0 bridgehead atoms. The highest BCUT2D eigenvalue weighted by atomic mass is 16.2. The van der Waals surface area contributed by atoms with Crippen molar-refractivity contribution >= 4 is 28.4 Å². The third-order valence-corrected chi connectivity index (χ3v) is 3.11. The highest BCUT2D eigenvalue weighted by Crippen LogP contribution is 2.27. The number of imide groups is 1. The average molecular weight is 240 g/mol. The molecule has 0 spiro atoms. The van der Waals surface area contributed by atoms with Crippen molar-refractivity contribution in [2.75, 3.05) is 11.4 Å². The van der Waals surface area contributed by atoms with Gasteiger partial charge in [-0.2, -0.15) is 0 Å². The van der Waals surface area contributed by atoms with Crippen LogP contribution in [-0.2, 0) is 4.79 Å². The van der Waals surface area contributed by atoms with Crippen molar-refractivity contribution in [3.8, 4) is 0 Å². The summed E-state index contributed by atoms with van der Waals surface area (Å²) in [6.07, 6.45) is 0.342. The molecule has 90 valence electrons. The Morgan fingerprint density at radius 2 is 1.78 bits per heavy atom. The Balaban J connectivity index is 2.09. The van der Waals surface area contributed by atoms with Crippen LogP contribution in [0.4, 0.5) is 10.5 Å². The van der Waals surface area contributed by atoms with Crippen LogP contribution in [0.15, 0.2) is 42.5 Å². The molecule has 18 heavy (non-hydrogen) atoms. The number of rotatable bonds is 1. The minimum atomic E-state index is -0.345. The fourth-order valence-electron chi connectivity index (χ4n) is 2.24. The van der Waals surface area contributed by atoms with E-state index in [1.54, 1.807) is 4.90 Å². The molecule has 0 aromatic heterocycles. The Morgan fingerprint density at radius 3 is 2.61 bits per heavy atom. The van der Waals surface area contributed by atoms with Gasteiger partial charge in [0.1, 0.15) is 0 Å². The Morgan fingerprint density at radius 1 is 1.00 bits per heavy atom. The lowest BCUT2D eigenvalue weighted by atomic mass is 10.1. The van der Waals surface area contributed by atoms with Crippen LogP contribution in [0, 0.1) is 0 Å². The van der Waals surface area contributed by atoms with E-state index in [2.05, 4.69) is 5.32 Å². The number of urea groups is 1. The van der Waals surface area contributed by atoms with E-state index in [-0.39, 0.29) is 11.9 Å². The van der Waals surface area contributed by atoms with E-state index < -0.39 is 0 Å². The van der Waals surface area contributed by atoms with Gasteiger partial charge in [-0.3, -0.25) is 15.0 Å². The predicted octanol–water partition coefficient (Wildman–Crippen LogP) is 2.29. The topological polar surface area (TPSA) is 49.4 Å². The maximum absolute atomic E-state index is 11.8. The van der Waals surface area contributed by atoms with Crippen molar-refractivity contribution in [2.24, 2.45) is 0 Å². The number of nitrogens with zero attached hydrogens (tertiary/aromatic N) is 1. The number of hydrogen-bond donors (Lipinski definition) is 1. The molecule has 0 atom stereocenters. The molecular formula is C14H12N2O2. The van der Waals surface area contributed by atoms with Gasteiger partial charge in [-0.15, -0.1) is 0 Å². The Kier molecular flexibility index (Phi) is 2.48. The number of benzene rings is 2. The molecule has 3 amide bonds. The van der Waals surface area contributed by atoms with Crippen molar-refractivity contribution in [3.63, 3.8) is 0 Å². The van der Waals surface area contributed by atoms with Crippen molar-refractivity contribution in [2.45, 2.75) is 6.42 Å². The van der Waals surface area contributed by atoms with E-state index in [4.69, 9.17) is 0 Å². The van der Waals surface area contributed by atoms with Crippen LogP contribution in [-0.4, -0.2) is 18.5 Å². The summed E-state index contributed by atoms with van der Waals surface area (Å²) in [5.41, 5.74) is 0.845. The van der Waals surface area contributed by atoms with Gasteiger partial charge in [0.2, 0.25) is 5.91 Å². The first-order chi connectivity index (χ1) is 8.75. The molecule has 2 aromatic rings. The summed E-state index contributed by atoms with van der Waals surface area (Å²) in [5, 5.41) is 4.44. The number of carbonyl (C=O) groups is 2.